The van der Waals surface area contributed by atoms with Crippen LogP contribution in [-0.4, -0.2) is 26.5 Å². The summed E-state index contributed by atoms with van der Waals surface area (Å²) in [6.07, 6.45) is 5.51. The Labute approximate surface area is 122 Å². The summed E-state index contributed by atoms with van der Waals surface area (Å²) in [5.41, 5.74) is 2.79. The molecule has 0 bridgehead atoms. The van der Waals surface area contributed by atoms with Crippen LogP contribution in [0.15, 0.2) is 42.9 Å². The maximum atomic E-state index is 12.4. The lowest BCUT2D eigenvalue weighted by Crippen LogP contribution is -2.40. The summed E-state index contributed by atoms with van der Waals surface area (Å²) >= 11 is 0. The maximum absolute atomic E-state index is 12.4. The van der Waals surface area contributed by atoms with E-state index in [9.17, 15) is 4.79 Å². The quantitative estimate of drug-likeness (QED) is 0.755. The summed E-state index contributed by atoms with van der Waals surface area (Å²) in [6.45, 7) is 0.910. The molecule has 1 atom stereocenters. The fraction of sp³-hybridized carbons (Fsp3) is 0.250. The number of H-pyrrole nitrogens is 1. The van der Waals surface area contributed by atoms with Crippen molar-refractivity contribution in [2.45, 2.75) is 25.4 Å². The van der Waals surface area contributed by atoms with Crippen molar-refractivity contribution in [1.29, 1.82) is 0 Å². The Hall–Kier alpha value is -2.56. The Morgan fingerprint density at radius 2 is 2.29 bits per heavy atom. The molecule has 0 spiro atoms. The first kappa shape index (κ1) is 12.2. The average Bonchev–Trinajstić information content (AvgIpc) is 3.13. The van der Waals surface area contributed by atoms with Gasteiger partial charge in [-0.3, -0.25) is 4.79 Å². The molecule has 4 rings (SSSR count). The number of carbonyl (C=O) groups excluding carboxylic acids is 1. The summed E-state index contributed by atoms with van der Waals surface area (Å²) in [5.74, 6) is -0.0378. The van der Waals surface area contributed by atoms with Gasteiger partial charge >= 0.3 is 0 Å². The van der Waals surface area contributed by atoms with Gasteiger partial charge < -0.3 is 14.9 Å². The van der Waals surface area contributed by atoms with Crippen molar-refractivity contribution in [2.75, 3.05) is 0 Å². The molecule has 1 aliphatic rings. The lowest BCUT2D eigenvalue weighted by molar-refractivity contribution is 0.0926. The molecule has 0 radical (unpaired) electrons. The summed E-state index contributed by atoms with van der Waals surface area (Å²) in [4.78, 5) is 19.7. The third kappa shape index (κ3) is 2.20. The number of hydrogen-bond donors (Lipinski definition) is 2. The molecule has 106 valence electrons. The second-order valence-electron chi connectivity index (χ2n) is 5.51. The second kappa shape index (κ2) is 4.77. The van der Waals surface area contributed by atoms with Crippen molar-refractivity contribution in [2.24, 2.45) is 0 Å². The standard InChI is InChI=1S/C16H16N4O/c21-16(15-7-11-3-1-2-4-14(11)19-15)18-12-5-6-20-10-17-9-13(20)8-12/h1-4,7,9-10,12,19H,5-6,8H2,(H,18,21). The van der Waals surface area contributed by atoms with Crippen LogP contribution in [0.1, 0.15) is 22.6 Å². The smallest absolute Gasteiger partial charge is 0.267 e. The summed E-state index contributed by atoms with van der Waals surface area (Å²) in [6, 6.07) is 9.99. The van der Waals surface area contributed by atoms with Gasteiger partial charge in [0.15, 0.2) is 0 Å². The molecule has 1 aliphatic heterocycles. The molecule has 3 aromatic rings. The van der Waals surface area contributed by atoms with Gasteiger partial charge in [0.25, 0.3) is 5.91 Å². The summed E-state index contributed by atoms with van der Waals surface area (Å²) in [7, 11) is 0. The van der Waals surface area contributed by atoms with Crippen LogP contribution >= 0.6 is 0 Å². The van der Waals surface area contributed by atoms with Crippen molar-refractivity contribution >= 4 is 16.8 Å². The van der Waals surface area contributed by atoms with Crippen molar-refractivity contribution in [3.8, 4) is 0 Å². The number of benzene rings is 1. The average molecular weight is 280 g/mol. The number of fused-ring (bicyclic) bond motifs is 2. The zero-order valence-electron chi connectivity index (χ0n) is 11.5. The van der Waals surface area contributed by atoms with Crippen molar-refractivity contribution < 1.29 is 4.79 Å². The number of hydrogen-bond acceptors (Lipinski definition) is 2. The van der Waals surface area contributed by atoms with Crippen LogP contribution in [0.4, 0.5) is 0 Å². The van der Waals surface area contributed by atoms with Crippen molar-refractivity contribution in [1.82, 2.24) is 19.9 Å². The highest BCUT2D eigenvalue weighted by Crippen LogP contribution is 2.17. The van der Waals surface area contributed by atoms with Crippen LogP contribution in [0.3, 0.4) is 0 Å². The number of nitrogens with one attached hydrogen (secondary N) is 2. The number of aromatic amines is 1. The number of rotatable bonds is 2. The molecule has 5 heteroatoms. The van der Waals surface area contributed by atoms with Gasteiger partial charge in [-0.05, 0) is 18.6 Å². The predicted octanol–water partition coefficient (Wildman–Crippen LogP) is 2.11. The molecule has 0 saturated heterocycles. The first-order valence-electron chi connectivity index (χ1n) is 7.17. The van der Waals surface area contributed by atoms with E-state index in [0.29, 0.717) is 5.69 Å². The van der Waals surface area contributed by atoms with Gasteiger partial charge in [-0.25, -0.2) is 4.98 Å². The molecular formula is C16H16N4O. The molecular weight excluding hydrogens is 264 g/mol. The zero-order chi connectivity index (χ0) is 14.2. The number of aryl methyl sites for hydroxylation is 1. The molecule has 5 nitrogen and oxygen atoms in total. The predicted molar refractivity (Wildman–Crippen MR) is 80.1 cm³/mol. The molecule has 1 amide bonds. The minimum atomic E-state index is -0.0378. The number of amides is 1. The SMILES string of the molecule is O=C(NC1CCn2cncc2C1)c1cc2ccccc2[nH]1. The van der Waals surface area contributed by atoms with E-state index in [4.69, 9.17) is 0 Å². The first-order chi connectivity index (χ1) is 10.3. The van der Waals surface area contributed by atoms with E-state index < -0.39 is 0 Å². The fourth-order valence-corrected chi connectivity index (χ4v) is 2.95. The maximum Gasteiger partial charge on any atom is 0.267 e. The van der Waals surface area contributed by atoms with Crippen LogP contribution in [0.25, 0.3) is 10.9 Å². The minimum absolute atomic E-state index is 0.0378. The van der Waals surface area contributed by atoms with Crippen molar-refractivity contribution in [3.05, 3.63) is 54.2 Å². The molecule has 21 heavy (non-hydrogen) atoms. The van der Waals surface area contributed by atoms with E-state index in [-0.39, 0.29) is 11.9 Å². The molecule has 1 aromatic carbocycles. The van der Waals surface area contributed by atoms with Crippen LogP contribution < -0.4 is 5.32 Å². The Kier molecular flexibility index (Phi) is 2.77. The Bertz CT molecular complexity index is 768. The number of aromatic nitrogens is 3. The van der Waals surface area contributed by atoms with Crippen LogP contribution in [0.2, 0.25) is 0 Å². The normalized spacial score (nSPS) is 17.6. The highest BCUT2D eigenvalue weighted by atomic mass is 16.1. The van der Waals surface area contributed by atoms with Gasteiger partial charge in [-0.15, -0.1) is 0 Å². The van der Waals surface area contributed by atoms with Crippen LogP contribution in [0.5, 0.6) is 0 Å². The minimum Gasteiger partial charge on any atom is -0.351 e. The van der Waals surface area contributed by atoms with E-state index in [2.05, 4.69) is 19.9 Å². The highest BCUT2D eigenvalue weighted by Gasteiger charge is 2.21. The van der Waals surface area contributed by atoms with E-state index in [1.165, 1.54) is 5.69 Å². The molecule has 1 unspecified atom stereocenters. The molecule has 2 aromatic heterocycles. The molecule has 0 saturated carbocycles. The Balaban J connectivity index is 1.51. The zero-order valence-corrected chi connectivity index (χ0v) is 11.5. The lowest BCUT2D eigenvalue weighted by Gasteiger charge is -2.24. The first-order valence-corrected chi connectivity index (χ1v) is 7.17. The summed E-state index contributed by atoms with van der Waals surface area (Å²) in [5, 5.41) is 4.18. The van der Waals surface area contributed by atoms with E-state index in [0.717, 1.165) is 30.3 Å². The van der Waals surface area contributed by atoms with Gasteiger partial charge in [0.2, 0.25) is 0 Å². The highest BCUT2D eigenvalue weighted by molar-refractivity contribution is 5.98. The Morgan fingerprint density at radius 1 is 1.38 bits per heavy atom. The van der Waals surface area contributed by atoms with Crippen molar-refractivity contribution in [3.63, 3.8) is 0 Å². The van der Waals surface area contributed by atoms with E-state index >= 15 is 0 Å². The van der Waals surface area contributed by atoms with Gasteiger partial charge in [0.05, 0.1) is 6.33 Å². The number of nitrogens with zero attached hydrogens (tertiary/aromatic N) is 2. The monoisotopic (exact) mass is 280 g/mol. The van der Waals surface area contributed by atoms with Gasteiger partial charge in [0.1, 0.15) is 5.69 Å². The third-order valence-corrected chi connectivity index (χ3v) is 4.08. The molecule has 0 fully saturated rings. The third-order valence-electron chi connectivity index (χ3n) is 4.08. The molecule has 0 aliphatic carbocycles. The summed E-state index contributed by atoms with van der Waals surface area (Å²) < 4.78 is 2.14. The lowest BCUT2D eigenvalue weighted by atomic mass is 10.0. The van der Waals surface area contributed by atoms with E-state index in [1.54, 1.807) is 0 Å². The van der Waals surface area contributed by atoms with Crippen LogP contribution in [0, 0.1) is 0 Å². The number of carbonyl (C=O) groups is 1. The number of imidazole rings is 1. The largest absolute Gasteiger partial charge is 0.351 e. The fourth-order valence-electron chi connectivity index (χ4n) is 2.95. The van der Waals surface area contributed by atoms with E-state index in [1.807, 2.05) is 42.9 Å². The second-order valence-corrected chi connectivity index (χ2v) is 5.51. The van der Waals surface area contributed by atoms with Crippen LogP contribution in [-0.2, 0) is 13.0 Å². The van der Waals surface area contributed by atoms with Gasteiger partial charge in [-0.2, -0.15) is 0 Å². The molecule has 2 N–H and O–H groups in total. The van der Waals surface area contributed by atoms with Gasteiger partial charge in [-0.1, -0.05) is 18.2 Å². The number of para-hydroxylation sites is 1. The topological polar surface area (TPSA) is 62.7 Å². The molecule has 3 heterocycles. The van der Waals surface area contributed by atoms with Gasteiger partial charge in [0, 0.05) is 41.8 Å². The Morgan fingerprint density at radius 3 is 3.19 bits per heavy atom.